The molecule has 2 aliphatic rings. The van der Waals surface area contributed by atoms with Crippen molar-refractivity contribution in [2.75, 3.05) is 40.5 Å². The van der Waals surface area contributed by atoms with Crippen LogP contribution < -0.4 is 14.8 Å². The molecule has 6 nitrogen and oxygen atoms in total. The summed E-state index contributed by atoms with van der Waals surface area (Å²) in [5.74, 6) is 1.16. The summed E-state index contributed by atoms with van der Waals surface area (Å²) in [6.45, 7) is 3.11. The lowest BCUT2D eigenvalue weighted by molar-refractivity contribution is 0.0689. The van der Waals surface area contributed by atoms with Crippen molar-refractivity contribution in [2.24, 2.45) is 0 Å². The quantitative estimate of drug-likeness (QED) is 0.530. The van der Waals surface area contributed by atoms with Crippen molar-refractivity contribution in [3.63, 3.8) is 0 Å². The number of hydrogen-bond donors (Lipinski definition) is 1. The van der Waals surface area contributed by atoms with Gasteiger partial charge in [0.05, 0.1) is 19.3 Å². The maximum atomic E-state index is 12.6. The molecule has 1 amide bonds. The third-order valence-electron chi connectivity index (χ3n) is 6.14. The van der Waals surface area contributed by atoms with Crippen LogP contribution in [0.1, 0.15) is 61.7 Å². The summed E-state index contributed by atoms with van der Waals surface area (Å²) >= 11 is 0. The summed E-state index contributed by atoms with van der Waals surface area (Å²) in [4.78, 5) is 15.2. The van der Waals surface area contributed by atoms with E-state index in [1.807, 2.05) is 6.07 Å². The highest BCUT2D eigenvalue weighted by atomic mass is 16.5. The summed E-state index contributed by atoms with van der Waals surface area (Å²) in [5.41, 5.74) is 0.549. The van der Waals surface area contributed by atoms with E-state index >= 15 is 0 Å². The molecule has 1 aliphatic carbocycles. The standard InChI is InChI=1S/C23H36N2O4/c1-27-16-13-24-23(26)21-10-9-20(28-2)17-22(21)29-19-11-14-25(15-12-19)18-7-5-3-4-6-8-18/h9-10,17-19H,3-8,11-16H2,1-2H3,(H,24,26). The number of hydrogen-bond acceptors (Lipinski definition) is 5. The van der Waals surface area contributed by atoms with Crippen molar-refractivity contribution in [2.45, 2.75) is 63.5 Å². The average molecular weight is 405 g/mol. The zero-order valence-electron chi connectivity index (χ0n) is 18.0. The summed E-state index contributed by atoms with van der Waals surface area (Å²) in [7, 11) is 3.25. The minimum absolute atomic E-state index is 0.134. The van der Waals surface area contributed by atoms with Crippen molar-refractivity contribution < 1.29 is 19.0 Å². The minimum Gasteiger partial charge on any atom is -0.497 e. The van der Waals surface area contributed by atoms with Crippen molar-refractivity contribution in [3.05, 3.63) is 23.8 Å². The normalized spacial score (nSPS) is 19.5. The highest BCUT2D eigenvalue weighted by Gasteiger charge is 2.27. The van der Waals surface area contributed by atoms with Crippen LogP contribution in [0.2, 0.25) is 0 Å². The van der Waals surface area contributed by atoms with Gasteiger partial charge in [-0.1, -0.05) is 25.7 Å². The van der Waals surface area contributed by atoms with Crippen molar-refractivity contribution in [1.29, 1.82) is 0 Å². The number of carbonyl (C=O) groups excluding carboxylic acids is 1. The van der Waals surface area contributed by atoms with Gasteiger partial charge in [0, 0.05) is 38.9 Å². The Bertz CT molecular complexity index is 636. The SMILES string of the molecule is COCCNC(=O)c1ccc(OC)cc1OC1CCN(C2CCCCCC2)CC1. The molecule has 6 heteroatoms. The molecule has 1 aromatic carbocycles. The number of rotatable bonds is 8. The van der Waals surface area contributed by atoms with Gasteiger partial charge in [0.15, 0.2) is 0 Å². The number of nitrogens with one attached hydrogen (secondary N) is 1. The molecule has 1 saturated carbocycles. The lowest BCUT2D eigenvalue weighted by atomic mass is 10.0. The predicted molar refractivity (Wildman–Crippen MR) is 114 cm³/mol. The topological polar surface area (TPSA) is 60.0 Å². The molecule has 0 aromatic heterocycles. The van der Waals surface area contributed by atoms with Crippen LogP contribution in [0.15, 0.2) is 18.2 Å². The maximum Gasteiger partial charge on any atom is 0.255 e. The second-order valence-electron chi connectivity index (χ2n) is 8.11. The molecule has 1 aromatic rings. The molecule has 2 fully saturated rings. The van der Waals surface area contributed by atoms with Gasteiger partial charge in [0.25, 0.3) is 5.91 Å². The van der Waals surface area contributed by atoms with E-state index in [-0.39, 0.29) is 12.0 Å². The fourth-order valence-corrected chi connectivity index (χ4v) is 4.44. The molecular weight excluding hydrogens is 368 g/mol. The maximum absolute atomic E-state index is 12.6. The first-order chi connectivity index (χ1) is 14.2. The Kier molecular flexibility index (Phi) is 8.62. The first kappa shape index (κ1) is 21.9. The molecule has 1 heterocycles. The molecule has 162 valence electrons. The van der Waals surface area contributed by atoms with Crippen LogP contribution in [0.4, 0.5) is 0 Å². The summed E-state index contributed by atoms with van der Waals surface area (Å²) in [6.07, 6.45) is 10.3. The van der Waals surface area contributed by atoms with Gasteiger partial charge in [0.1, 0.15) is 17.6 Å². The average Bonchev–Trinajstić information content (AvgIpc) is 3.04. The van der Waals surface area contributed by atoms with E-state index in [2.05, 4.69) is 10.2 Å². The molecule has 0 spiro atoms. The van der Waals surface area contributed by atoms with Gasteiger partial charge >= 0.3 is 0 Å². The zero-order chi connectivity index (χ0) is 20.5. The second kappa shape index (κ2) is 11.4. The number of amides is 1. The summed E-state index contributed by atoms with van der Waals surface area (Å²) < 4.78 is 16.7. The number of nitrogens with zero attached hydrogens (tertiary/aromatic N) is 1. The van der Waals surface area contributed by atoms with E-state index in [4.69, 9.17) is 14.2 Å². The fourth-order valence-electron chi connectivity index (χ4n) is 4.44. The van der Waals surface area contributed by atoms with E-state index in [9.17, 15) is 4.79 Å². The molecule has 0 bridgehead atoms. The van der Waals surface area contributed by atoms with Crippen LogP contribution in [-0.2, 0) is 4.74 Å². The summed E-state index contributed by atoms with van der Waals surface area (Å²) in [5, 5.41) is 2.88. The summed E-state index contributed by atoms with van der Waals surface area (Å²) in [6, 6.07) is 6.14. The number of carbonyl (C=O) groups is 1. The molecule has 1 saturated heterocycles. The van der Waals surface area contributed by atoms with Gasteiger partial charge in [-0.2, -0.15) is 0 Å². The predicted octanol–water partition coefficient (Wildman–Crippen LogP) is 3.64. The van der Waals surface area contributed by atoms with E-state index in [0.717, 1.165) is 32.0 Å². The smallest absolute Gasteiger partial charge is 0.255 e. The number of likely N-dealkylation sites (tertiary alicyclic amines) is 1. The monoisotopic (exact) mass is 404 g/mol. The molecule has 29 heavy (non-hydrogen) atoms. The van der Waals surface area contributed by atoms with Gasteiger partial charge in [-0.15, -0.1) is 0 Å². The third kappa shape index (κ3) is 6.34. The van der Waals surface area contributed by atoms with Gasteiger partial charge in [-0.25, -0.2) is 0 Å². The Hall–Kier alpha value is -1.79. The van der Waals surface area contributed by atoms with E-state index in [1.54, 1.807) is 26.4 Å². The molecule has 3 rings (SSSR count). The molecule has 1 aliphatic heterocycles. The first-order valence-corrected chi connectivity index (χ1v) is 11.1. The third-order valence-corrected chi connectivity index (χ3v) is 6.14. The largest absolute Gasteiger partial charge is 0.497 e. The number of benzene rings is 1. The van der Waals surface area contributed by atoms with Gasteiger partial charge in [-0.05, 0) is 37.8 Å². The van der Waals surface area contributed by atoms with Gasteiger partial charge in [-0.3, -0.25) is 4.79 Å². The Balaban J connectivity index is 1.59. The van der Waals surface area contributed by atoms with E-state index in [0.29, 0.717) is 30.2 Å². The van der Waals surface area contributed by atoms with Crippen molar-refractivity contribution in [1.82, 2.24) is 10.2 Å². The first-order valence-electron chi connectivity index (χ1n) is 11.1. The van der Waals surface area contributed by atoms with Crippen LogP contribution in [-0.4, -0.2) is 63.4 Å². The Morgan fingerprint density at radius 1 is 1.07 bits per heavy atom. The molecule has 1 N–H and O–H groups in total. The van der Waals surface area contributed by atoms with Crippen LogP contribution in [0, 0.1) is 0 Å². The van der Waals surface area contributed by atoms with Crippen LogP contribution in [0.5, 0.6) is 11.5 Å². The highest BCUT2D eigenvalue weighted by molar-refractivity contribution is 5.97. The van der Waals surface area contributed by atoms with Crippen LogP contribution >= 0.6 is 0 Å². The lowest BCUT2D eigenvalue weighted by Gasteiger charge is -2.37. The van der Waals surface area contributed by atoms with Crippen molar-refractivity contribution >= 4 is 5.91 Å². The Morgan fingerprint density at radius 2 is 1.79 bits per heavy atom. The Labute approximate surface area is 174 Å². The highest BCUT2D eigenvalue weighted by Crippen LogP contribution is 2.30. The van der Waals surface area contributed by atoms with E-state index < -0.39 is 0 Å². The van der Waals surface area contributed by atoms with E-state index in [1.165, 1.54) is 38.5 Å². The minimum atomic E-state index is -0.143. The molecule has 0 radical (unpaired) electrons. The number of methoxy groups -OCH3 is 2. The van der Waals surface area contributed by atoms with Gasteiger partial charge < -0.3 is 24.4 Å². The number of piperidine rings is 1. The van der Waals surface area contributed by atoms with Crippen LogP contribution in [0.3, 0.4) is 0 Å². The fraction of sp³-hybridized carbons (Fsp3) is 0.696. The second-order valence-corrected chi connectivity index (χ2v) is 8.11. The molecular formula is C23H36N2O4. The van der Waals surface area contributed by atoms with Crippen molar-refractivity contribution in [3.8, 4) is 11.5 Å². The molecule has 0 unspecified atom stereocenters. The lowest BCUT2D eigenvalue weighted by Crippen LogP contribution is -2.44. The molecule has 0 atom stereocenters. The van der Waals surface area contributed by atoms with Crippen LogP contribution in [0.25, 0.3) is 0 Å². The van der Waals surface area contributed by atoms with Gasteiger partial charge in [0.2, 0.25) is 0 Å². The Morgan fingerprint density at radius 3 is 2.45 bits per heavy atom. The number of ether oxygens (including phenoxy) is 3. The zero-order valence-corrected chi connectivity index (χ0v) is 18.0.